The zero-order valence-corrected chi connectivity index (χ0v) is 16.5. The largest absolute Gasteiger partial charge is 0.548 e. The lowest BCUT2D eigenvalue weighted by Gasteiger charge is -2.19. The predicted molar refractivity (Wildman–Crippen MR) is 102 cm³/mol. The first-order valence-electron chi connectivity index (χ1n) is 8.00. The number of carbonyl (C=O) groups excluding carboxylic acids is 1. The first-order valence-corrected chi connectivity index (χ1v) is 10.9. The Hall–Kier alpha value is -2.23. The van der Waals surface area contributed by atoms with Crippen molar-refractivity contribution >= 4 is 27.8 Å². The van der Waals surface area contributed by atoms with Crippen LogP contribution in [0, 0.1) is 0 Å². The molecule has 2 aromatic rings. The van der Waals surface area contributed by atoms with Gasteiger partial charge in [-0.2, -0.15) is 11.8 Å². The maximum absolute atomic E-state index is 12.4. The van der Waals surface area contributed by atoms with Gasteiger partial charge in [0.15, 0.2) is 11.5 Å². The van der Waals surface area contributed by atoms with Crippen molar-refractivity contribution in [3.8, 4) is 17.2 Å². The smallest absolute Gasteiger partial charge is 0.241 e. The van der Waals surface area contributed by atoms with Gasteiger partial charge in [-0.1, -0.05) is 12.1 Å². The predicted octanol–water partition coefficient (Wildman–Crippen LogP) is 1.64. The molecule has 1 atom stereocenters. The number of thioether (sulfide) groups is 1. The van der Waals surface area contributed by atoms with E-state index < -0.39 is 22.0 Å². The number of hydrogen-bond acceptors (Lipinski definition) is 7. The summed E-state index contributed by atoms with van der Waals surface area (Å²) >= 11 is 1.42. The van der Waals surface area contributed by atoms with Crippen molar-refractivity contribution in [1.29, 1.82) is 0 Å². The Morgan fingerprint density at radius 3 is 2.33 bits per heavy atom. The lowest BCUT2D eigenvalue weighted by molar-refractivity contribution is -0.308. The first-order chi connectivity index (χ1) is 12.9. The number of methoxy groups -OCH3 is 1. The zero-order valence-electron chi connectivity index (χ0n) is 14.9. The second-order valence-corrected chi connectivity index (χ2v) is 8.20. The van der Waals surface area contributed by atoms with E-state index in [1.807, 2.05) is 0 Å². The van der Waals surface area contributed by atoms with Crippen LogP contribution < -0.4 is 19.3 Å². The van der Waals surface area contributed by atoms with Gasteiger partial charge in [-0.25, -0.2) is 13.1 Å². The summed E-state index contributed by atoms with van der Waals surface area (Å²) < 4.78 is 37.9. The third kappa shape index (κ3) is 5.88. The van der Waals surface area contributed by atoms with Crippen molar-refractivity contribution < 1.29 is 27.8 Å². The molecule has 27 heavy (non-hydrogen) atoms. The number of carbonyl (C=O) groups is 1. The van der Waals surface area contributed by atoms with Gasteiger partial charge >= 0.3 is 0 Å². The van der Waals surface area contributed by atoms with Gasteiger partial charge in [0.05, 0.1) is 24.0 Å². The third-order valence-electron chi connectivity index (χ3n) is 3.62. The Labute approximate surface area is 162 Å². The van der Waals surface area contributed by atoms with E-state index in [1.54, 1.807) is 30.5 Å². The average Bonchev–Trinajstić information content (AvgIpc) is 2.65. The lowest BCUT2D eigenvalue weighted by atomic mass is 10.2. The van der Waals surface area contributed by atoms with Crippen molar-refractivity contribution in [3.05, 3.63) is 48.5 Å². The third-order valence-corrected chi connectivity index (χ3v) is 5.76. The molecule has 0 aliphatic heterocycles. The van der Waals surface area contributed by atoms with E-state index in [2.05, 4.69) is 4.72 Å². The number of ether oxygens (including phenoxy) is 2. The van der Waals surface area contributed by atoms with Gasteiger partial charge in [0.2, 0.25) is 10.0 Å². The van der Waals surface area contributed by atoms with Crippen molar-refractivity contribution in [2.45, 2.75) is 17.4 Å². The van der Waals surface area contributed by atoms with Crippen LogP contribution in [0.2, 0.25) is 0 Å². The number of rotatable bonds is 10. The molecule has 7 nitrogen and oxygen atoms in total. The number of nitrogens with one attached hydrogen (secondary N) is 1. The van der Waals surface area contributed by atoms with Crippen molar-refractivity contribution in [2.24, 2.45) is 0 Å². The van der Waals surface area contributed by atoms with E-state index >= 15 is 0 Å². The zero-order chi connectivity index (χ0) is 19.9. The number of hydrogen-bond donors (Lipinski definition) is 1. The highest BCUT2D eigenvalue weighted by atomic mass is 32.2. The Balaban J connectivity index is 2.14. The number of aliphatic carboxylic acids is 1. The van der Waals surface area contributed by atoms with Crippen LogP contribution in [-0.4, -0.2) is 39.5 Å². The van der Waals surface area contributed by atoms with Crippen LogP contribution >= 0.6 is 11.8 Å². The van der Waals surface area contributed by atoms with E-state index in [1.165, 1.54) is 43.1 Å². The van der Waals surface area contributed by atoms with Gasteiger partial charge in [-0.15, -0.1) is 0 Å². The summed E-state index contributed by atoms with van der Waals surface area (Å²) in [7, 11) is -2.48. The van der Waals surface area contributed by atoms with E-state index in [0.29, 0.717) is 23.0 Å². The van der Waals surface area contributed by atoms with Crippen molar-refractivity contribution in [3.63, 3.8) is 0 Å². The second kappa shape index (κ2) is 9.63. The van der Waals surface area contributed by atoms with E-state index in [-0.39, 0.29) is 11.3 Å². The molecule has 0 saturated heterocycles. The minimum atomic E-state index is -4.00. The number of sulfonamides is 1. The SMILES string of the molecule is COc1ccccc1Oc1ccc(S(=O)(=O)N[C@H](CCSC)C(=O)[O-])cc1. The summed E-state index contributed by atoms with van der Waals surface area (Å²) in [6.45, 7) is 0. The van der Waals surface area contributed by atoms with E-state index in [0.717, 1.165) is 0 Å². The number of carboxylic acid groups (broad SMARTS) is 1. The molecule has 2 rings (SSSR count). The summed E-state index contributed by atoms with van der Waals surface area (Å²) in [5, 5.41) is 11.2. The standard InChI is InChI=1S/C18H21NO6S2/c1-24-16-5-3-4-6-17(16)25-13-7-9-14(10-8-13)27(22,23)19-15(18(20)21)11-12-26-2/h3-10,15,19H,11-12H2,1-2H3,(H,20,21)/p-1/t15-/m1/s1. The molecule has 0 fully saturated rings. The molecule has 0 saturated carbocycles. The lowest BCUT2D eigenvalue weighted by Crippen LogP contribution is -2.48. The fourth-order valence-corrected chi connectivity index (χ4v) is 3.92. The van der Waals surface area contributed by atoms with Crippen LogP contribution in [-0.2, 0) is 14.8 Å². The molecule has 0 heterocycles. The monoisotopic (exact) mass is 410 g/mol. The molecular formula is C18H20NO6S2-. The first kappa shape index (κ1) is 21.1. The van der Waals surface area contributed by atoms with Crippen LogP contribution in [0.1, 0.15) is 6.42 Å². The van der Waals surface area contributed by atoms with E-state index in [9.17, 15) is 18.3 Å². The molecular weight excluding hydrogens is 390 g/mol. The Morgan fingerprint density at radius 2 is 1.78 bits per heavy atom. The summed E-state index contributed by atoms with van der Waals surface area (Å²) in [6, 6.07) is 11.4. The second-order valence-electron chi connectivity index (χ2n) is 5.50. The quantitative estimate of drug-likeness (QED) is 0.635. The molecule has 9 heteroatoms. The van der Waals surface area contributed by atoms with Crippen molar-refractivity contribution in [2.75, 3.05) is 19.1 Å². The van der Waals surface area contributed by atoms with Crippen LogP contribution in [0.25, 0.3) is 0 Å². The van der Waals surface area contributed by atoms with Crippen molar-refractivity contribution in [1.82, 2.24) is 4.72 Å². The van der Waals surface area contributed by atoms with Gasteiger partial charge < -0.3 is 19.4 Å². The van der Waals surface area contributed by atoms with Crippen LogP contribution in [0.5, 0.6) is 17.2 Å². The minimum absolute atomic E-state index is 0.0646. The van der Waals surface area contributed by atoms with Gasteiger partial charge in [0.25, 0.3) is 0 Å². The number of carboxylic acids is 1. The van der Waals surface area contributed by atoms with Gasteiger partial charge in [-0.3, -0.25) is 0 Å². The topological polar surface area (TPSA) is 105 Å². The van der Waals surface area contributed by atoms with Gasteiger partial charge in [0.1, 0.15) is 5.75 Å². The van der Waals surface area contributed by atoms with Crippen LogP contribution in [0.4, 0.5) is 0 Å². The highest BCUT2D eigenvalue weighted by Gasteiger charge is 2.21. The Bertz CT molecular complexity index is 868. The van der Waals surface area contributed by atoms with E-state index in [4.69, 9.17) is 9.47 Å². The highest BCUT2D eigenvalue weighted by Crippen LogP contribution is 2.31. The summed E-state index contributed by atoms with van der Waals surface area (Å²) in [6.07, 6.45) is 1.94. The molecule has 2 aromatic carbocycles. The molecule has 0 aliphatic carbocycles. The number of benzene rings is 2. The fraction of sp³-hybridized carbons (Fsp3) is 0.278. The summed E-state index contributed by atoms with van der Waals surface area (Å²) in [5.74, 6) is 0.484. The highest BCUT2D eigenvalue weighted by molar-refractivity contribution is 7.98. The average molecular weight is 410 g/mol. The molecule has 1 N–H and O–H groups in total. The number of para-hydroxylation sites is 2. The van der Waals surface area contributed by atoms with Gasteiger partial charge in [0, 0.05) is 0 Å². The molecule has 0 unspecified atom stereocenters. The molecule has 0 bridgehead atoms. The molecule has 0 aromatic heterocycles. The molecule has 0 aliphatic rings. The maximum Gasteiger partial charge on any atom is 0.241 e. The Kier molecular flexibility index (Phi) is 7.52. The minimum Gasteiger partial charge on any atom is -0.548 e. The maximum atomic E-state index is 12.4. The fourth-order valence-electron chi connectivity index (χ4n) is 2.23. The van der Waals surface area contributed by atoms with Gasteiger partial charge in [-0.05, 0) is 54.8 Å². The molecule has 0 radical (unpaired) electrons. The van der Waals surface area contributed by atoms with Crippen LogP contribution in [0.3, 0.4) is 0 Å². The summed E-state index contributed by atoms with van der Waals surface area (Å²) in [4.78, 5) is 11.1. The molecule has 146 valence electrons. The summed E-state index contributed by atoms with van der Waals surface area (Å²) in [5.41, 5.74) is 0. The molecule has 0 spiro atoms. The van der Waals surface area contributed by atoms with Crippen LogP contribution in [0.15, 0.2) is 53.4 Å². The molecule has 0 amide bonds. The Morgan fingerprint density at radius 1 is 1.15 bits per heavy atom. The normalized spacial score (nSPS) is 12.4.